The Bertz CT molecular complexity index is 1560. The molecule has 0 saturated carbocycles. The lowest BCUT2D eigenvalue weighted by atomic mass is 9.85. The lowest BCUT2D eigenvalue weighted by molar-refractivity contribution is -0.138. The Labute approximate surface area is 238 Å². The van der Waals surface area contributed by atoms with Crippen molar-refractivity contribution in [2.24, 2.45) is 5.41 Å². The zero-order valence-electron chi connectivity index (χ0n) is 23.3. The van der Waals surface area contributed by atoms with Crippen molar-refractivity contribution in [2.45, 2.75) is 45.3 Å². The number of carbonyl (C=O) groups is 3. The SMILES string of the molecule is CC(C)(C)C(NC(=O)c1cc2ccccc2[nH]1)C(=O)N1C[C@@H]2C[C@H]1CN2C(=O)c1ccc(Oc2ccccc2)cn1. The molecule has 0 spiro atoms. The monoisotopic (exact) mass is 551 g/mol. The van der Waals surface area contributed by atoms with Crippen molar-refractivity contribution in [3.05, 3.63) is 90.4 Å². The standard InChI is InChI=1S/C32H33N5O4/c1-32(2,3)28(35-29(38)27-15-20-9-7-8-12-25(20)34-27)31(40)37-19-21-16-22(37)18-36(21)30(39)26-14-13-24(17-33-26)41-23-10-5-4-6-11-23/h4-15,17,21-22,28,34H,16,18-19H2,1-3H3,(H,35,38)/t21-,22-,28?/m0/s1. The summed E-state index contributed by atoms with van der Waals surface area (Å²) in [6.07, 6.45) is 2.26. The number of nitrogens with zero attached hydrogens (tertiary/aromatic N) is 3. The largest absolute Gasteiger partial charge is 0.456 e. The molecule has 4 aromatic rings. The summed E-state index contributed by atoms with van der Waals surface area (Å²) in [5, 5.41) is 3.92. The van der Waals surface area contributed by atoms with Crippen LogP contribution in [0, 0.1) is 5.41 Å². The van der Waals surface area contributed by atoms with Crippen molar-refractivity contribution in [2.75, 3.05) is 13.1 Å². The van der Waals surface area contributed by atoms with Crippen LogP contribution in [0.2, 0.25) is 0 Å². The highest BCUT2D eigenvalue weighted by atomic mass is 16.5. The number of rotatable bonds is 6. The number of H-pyrrole nitrogens is 1. The summed E-state index contributed by atoms with van der Waals surface area (Å²) in [5.74, 6) is 0.648. The Morgan fingerprint density at radius 1 is 0.927 bits per heavy atom. The van der Waals surface area contributed by atoms with Crippen molar-refractivity contribution in [1.29, 1.82) is 0 Å². The first-order valence-corrected chi connectivity index (χ1v) is 13.9. The number of aromatic amines is 1. The second kappa shape index (κ2) is 10.4. The van der Waals surface area contributed by atoms with E-state index in [1.54, 1.807) is 24.4 Å². The molecular weight excluding hydrogens is 518 g/mol. The van der Waals surface area contributed by atoms with E-state index in [1.165, 1.54) is 0 Å². The number of likely N-dealkylation sites (tertiary alicyclic amines) is 2. The summed E-state index contributed by atoms with van der Waals surface area (Å²) < 4.78 is 5.79. The molecule has 2 aliphatic rings. The molecule has 9 heteroatoms. The van der Waals surface area contributed by atoms with Crippen molar-refractivity contribution >= 4 is 28.6 Å². The molecule has 41 heavy (non-hydrogen) atoms. The van der Waals surface area contributed by atoms with Gasteiger partial charge in [-0.15, -0.1) is 0 Å². The number of para-hydroxylation sites is 2. The first kappa shape index (κ1) is 26.6. The van der Waals surface area contributed by atoms with Crippen LogP contribution < -0.4 is 10.1 Å². The van der Waals surface area contributed by atoms with Crippen LogP contribution in [-0.2, 0) is 4.79 Å². The molecule has 2 aromatic heterocycles. The van der Waals surface area contributed by atoms with Gasteiger partial charge >= 0.3 is 0 Å². The minimum Gasteiger partial charge on any atom is -0.456 e. The van der Waals surface area contributed by atoms with Crippen LogP contribution in [0.5, 0.6) is 11.5 Å². The summed E-state index contributed by atoms with van der Waals surface area (Å²) in [6, 6.07) is 21.4. The number of pyridine rings is 1. The number of aromatic nitrogens is 2. The normalized spacial score (nSPS) is 18.9. The minimum absolute atomic E-state index is 0.0940. The molecule has 1 unspecified atom stereocenters. The number of benzene rings is 2. The van der Waals surface area contributed by atoms with E-state index in [1.807, 2.05) is 85.2 Å². The van der Waals surface area contributed by atoms with E-state index in [2.05, 4.69) is 15.3 Å². The van der Waals surface area contributed by atoms with Gasteiger partial charge in [-0.25, -0.2) is 4.98 Å². The molecule has 2 N–H and O–H groups in total. The number of ether oxygens (including phenoxy) is 1. The highest BCUT2D eigenvalue weighted by Crippen LogP contribution is 2.34. The highest BCUT2D eigenvalue weighted by molar-refractivity contribution is 6.00. The van der Waals surface area contributed by atoms with Gasteiger partial charge in [-0.1, -0.05) is 57.2 Å². The Balaban J connectivity index is 1.11. The molecule has 0 aliphatic carbocycles. The van der Waals surface area contributed by atoms with Crippen LogP contribution >= 0.6 is 0 Å². The fourth-order valence-corrected chi connectivity index (χ4v) is 5.74. The molecular formula is C32H33N5O4. The van der Waals surface area contributed by atoms with E-state index >= 15 is 0 Å². The topological polar surface area (TPSA) is 108 Å². The van der Waals surface area contributed by atoms with Crippen molar-refractivity contribution in [3.63, 3.8) is 0 Å². The van der Waals surface area contributed by atoms with Crippen LogP contribution in [0.15, 0.2) is 79.0 Å². The third-order valence-corrected chi connectivity index (χ3v) is 7.88. The molecule has 6 rings (SSSR count). The zero-order valence-corrected chi connectivity index (χ0v) is 23.3. The number of nitrogens with one attached hydrogen (secondary N) is 2. The van der Waals surface area contributed by atoms with Gasteiger partial charge in [0.05, 0.1) is 18.3 Å². The van der Waals surface area contributed by atoms with Gasteiger partial charge in [0.2, 0.25) is 5.91 Å². The molecule has 3 atom stereocenters. The molecule has 2 bridgehead atoms. The van der Waals surface area contributed by atoms with Crippen molar-refractivity contribution in [1.82, 2.24) is 25.1 Å². The molecule has 2 aliphatic heterocycles. The lowest BCUT2D eigenvalue weighted by Crippen LogP contribution is -2.59. The fraction of sp³-hybridized carbons (Fsp3) is 0.312. The predicted molar refractivity (Wildman–Crippen MR) is 155 cm³/mol. The molecule has 2 fully saturated rings. The predicted octanol–water partition coefficient (Wildman–Crippen LogP) is 4.63. The summed E-state index contributed by atoms with van der Waals surface area (Å²) in [4.78, 5) is 51.5. The summed E-state index contributed by atoms with van der Waals surface area (Å²) in [6.45, 7) is 6.71. The zero-order chi connectivity index (χ0) is 28.7. The van der Waals surface area contributed by atoms with Crippen LogP contribution in [0.1, 0.15) is 48.2 Å². The average molecular weight is 552 g/mol. The maximum Gasteiger partial charge on any atom is 0.272 e. The van der Waals surface area contributed by atoms with Crippen LogP contribution in [0.3, 0.4) is 0 Å². The molecule has 9 nitrogen and oxygen atoms in total. The number of hydrogen-bond donors (Lipinski definition) is 2. The first-order valence-electron chi connectivity index (χ1n) is 13.9. The summed E-state index contributed by atoms with van der Waals surface area (Å²) in [7, 11) is 0. The van der Waals surface area contributed by atoms with Gasteiger partial charge in [-0.2, -0.15) is 0 Å². The quantitative estimate of drug-likeness (QED) is 0.364. The maximum absolute atomic E-state index is 13.8. The number of hydrogen-bond acceptors (Lipinski definition) is 5. The van der Waals surface area contributed by atoms with Gasteiger partial charge in [0, 0.05) is 24.0 Å². The third kappa shape index (κ3) is 5.27. The highest BCUT2D eigenvalue weighted by Gasteiger charge is 2.50. The van der Waals surface area contributed by atoms with Crippen LogP contribution in [0.4, 0.5) is 0 Å². The molecule has 210 valence electrons. The van der Waals surface area contributed by atoms with Gasteiger partial charge in [0.25, 0.3) is 11.8 Å². The van der Waals surface area contributed by atoms with E-state index in [-0.39, 0.29) is 29.8 Å². The Hall–Kier alpha value is -4.66. The number of carbonyl (C=O) groups excluding carboxylic acids is 3. The molecule has 4 heterocycles. The number of fused-ring (bicyclic) bond motifs is 3. The van der Waals surface area contributed by atoms with Gasteiger partial charge in [0.15, 0.2) is 0 Å². The second-order valence-electron chi connectivity index (χ2n) is 11.8. The van der Waals surface area contributed by atoms with Gasteiger partial charge < -0.3 is 24.8 Å². The van der Waals surface area contributed by atoms with Crippen molar-refractivity contribution < 1.29 is 19.1 Å². The third-order valence-electron chi connectivity index (χ3n) is 7.88. The Morgan fingerprint density at radius 3 is 2.29 bits per heavy atom. The summed E-state index contributed by atoms with van der Waals surface area (Å²) >= 11 is 0. The lowest BCUT2D eigenvalue weighted by Gasteiger charge is -2.39. The average Bonchev–Trinajstić information content (AvgIpc) is 3.70. The number of piperazine rings is 1. The van der Waals surface area contributed by atoms with Gasteiger partial charge in [0.1, 0.15) is 28.9 Å². The van der Waals surface area contributed by atoms with Gasteiger partial charge in [-0.05, 0) is 48.2 Å². The van der Waals surface area contributed by atoms with Gasteiger partial charge in [-0.3, -0.25) is 14.4 Å². The molecule has 2 aromatic carbocycles. The van der Waals surface area contributed by atoms with E-state index in [0.717, 1.165) is 10.9 Å². The van der Waals surface area contributed by atoms with E-state index in [0.29, 0.717) is 42.4 Å². The van der Waals surface area contributed by atoms with E-state index < -0.39 is 11.5 Å². The van der Waals surface area contributed by atoms with Crippen LogP contribution in [-0.4, -0.2) is 68.7 Å². The maximum atomic E-state index is 13.8. The minimum atomic E-state index is -0.719. The Kier molecular flexibility index (Phi) is 6.73. The van der Waals surface area contributed by atoms with Crippen LogP contribution in [0.25, 0.3) is 10.9 Å². The smallest absolute Gasteiger partial charge is 0.272 e. The van der Waals surface area contributed by atoms with E-state index in [9.17, 15) is 14.4 Å². The van der Waals surface area contributed by atoms with E-state index in [4.69, 9.17) is 4.74 Å². The molecule has 2 saturated heterocycles. The first-order chi connectivity index (χ1) is 19.7. The van der Waals surface area contributed by atoms with Crippen molar-refractivity contribution in [3.8, 4) is 11.5 Å². The second-order valence-corrected chi connectivity index (χ2v) is 11.8. The number of amides is 3. The molecule has 3 amide bonds. The molecule has 0 radical (unpaired) electrons. The fourth-order valence-electron chi connectivity index (χ4n) is 5.74. The Morgan fingerprint density at radius 2 is 1.63 bits per heavy atom. The summed E-state index contributed by atoms with van der Waals surface area (Å²) in [5.41, 5.74) is 1.12.